The van der Waals surface area contributed by atoms with E-state index >= 15 is 0 Å². The number of ether oxygens (including phenoxy) is 1. The van der Waals surface area contributed by atoms with E-state index in [0.29, 0.717) is 4.90 Å². The molecular weight excluding hydrogens is 382 g/mol. The number of nitrogens with zero attached hydrogens (tertiary/aromatic N) is 1. The lowest BCUT2D eigenvalue weighted by Crippen LogP contribution is -2.31. The molecule has 2 aromatic rings. The second-order valence-corrected chi connectivity index (χ2v) is 6.31. The molecule has 0 spiro atoms. The van der Waals surface area contributed by atoms with Crippen LogP contribution >= 0.6 is 11.8 Å². The summed E-state index contributed by atoms with van der Waals surface area (Å²) in [5.74, 6) is -2.86. The van der Waals surface area contributed by atoms with Crippen LogP contribution in [0.1, 0.15) is 17.4 Å². The quantitative estimate of drug-likeness (QED) is 0.302. The maximum Gasteiger partial charge on any atom is 0.302 e. The molecule has 1 aromatic heterocycles. The second-order valence-electron chi connectivity index (χ2n) is 5.43. The smallest absolute Gasteiger partial charge is 0.302 e. The summed E-state index contributed by atoms with van der Waals surface area (Å²) in [6, 6.07) is 4.18. The van der Waals surface area contributed by atoms with Crippen molar-refractivity contribution in [3.05, 3.63) is 45.9 Å². The maximum atomic E-state index is 14.3. The number of benzene rings is 1. The Morgan fingerprint density at radius 2 is 2.19 bits per heavy atom. The molecular formula is C16H18F2N4O4S. The van der Waals surface area contributed by atoms with Gasteiger partial charge in [0, 0.05) is 4.90 Å². The molecule has 146 valence electrons. The Labute approximate surface area is 157 Å². The van der Waals surface area contributed by atoms with Crippen molar-refractivity contribution in [3.63, 3.8) is 0 Å². The lowest BCUT2D eigenvalue weighted by molar-refractivity contribution is 0.0355. The number of aromatic nitrogens is 2. The van der Waals surface area contributed by atoms with Crippen LogP contribution in [0, 0.1) is 11.6 Å². The van der Waals surface area contributed by atoms with E-state index in [1.807, 2.05) is 5.10 Å². The molecule has 0 aliphatic heterocycles. The van der Waals surface area contributed by atoms with Gasteiger partial charge in [-0.3, -0.25) is 9.59 Å². The third-order valence-electron chi connectivity index (χ3n) is 3.27. The number of hydrogen-bond acceptors (Lipinski definition) is 7. The maximum absolute atomic E-state index is 14.3. The molecule has 1 heterocycles. The Hall–Kier alpha value is -2.50. The SMILES string of the molecule is CSc1ccc(Nc2c(C(=O)NCOCC(C)O)n[nH]c(=O)c2F)c(F)c1. The highest BCUT2D eigenvalue weighted by Crippen LogP contribution is 2.26. The number of aromatic amines is 1. The molecule has 8 nitrogen and oxygen atoms in total. The highest BCUT2D eigenvalue weighted by Gasteiger charge is 2.21. The molecule has 11 heteroatoms. The van der Waals surface area contributed by atoms with Crippen molar-refractivity contribution in [1.82, 2.24) is 15.5 Å². The van der Waals surface area contributed by atoms with E-state index in [1.165, 1.54) is 30.8 Å². The number of anilines is 2. The number of H-pyrrole nitrogens is 1. The first kappa shape index (κ1) is 20.8. The molecule has 1 atom stereocenters. The fraction of sp³-hybridized carbons (Fsp3) is 0.312. The number of amides is 1. The van der Waals surface area contributed by atoms with Crippen LogP contribution in [0.5, 0.6) is 0 Å². The van der Waals surface area contributed by atoms with E-state index in [-0.39, 0.29) is 19.0 Å². The summed E-state index contributed by atoms with van der Waals surface area (Å²) >= 11 is 1.32. The first-order valence-electron chi connectivity index (χ1n) is 7.76. The highest BCUT2D eigenvalue weighted by atomic mass is 32.2. The van der Waals surface area contributed by atoms with E-state index in [2.05, 4.69) is 15.7 Å². The van der Waals surface area contributed by atoms with Crippen molar-refractivity contribution < 1.29 is 23.4 Å². The van der Waals surface area contributed by atoms with Gasteiger partial charge in [0.1, 0.15) is 18.2 Å². The van der Waals surface area contributed by atoms with E-state index in [1.54, 1.807) is 12.3 Å². The zero-order valence-electron chi connectivity index (χ0n) is 14.5. The Morgan fingerprint density at radius 3 is 2.81 bits per heavy atom. The van der Waals surface area contributed by atoms with Gasteiger partial charge in [-0.15, -0.1) is 11.8 Å². The van der Waals surface area contributed by atoms with Crippen molar-refractivity contribution in [3.8, 4) is 0 Å². The Morgan fingerprint density at radius 1 is 1.44 bits per heavy atom. The van der Waals surface area contributed by atoms with Crippen LogP contribution in [-0.2, 0) is 4.74 Å². The van der Waals surface area contributed by atoms with E-state index in [9.17, 15) is 18.4 Å². The van der Waals surface area contributed by atoms with Gasteiger partial charge in [-0.25, -0.2) is 9.49 Å². The number of hydrogen-bond donors (Lipinski definition) is 4. The van der Waals surface area contributed by atoms with Crippen LogP contribution in [0.15, 0.2) is 27.9 Å². The molecule has 4 N–H and O–H groups in total. The molecule has 27 heavy (non-hydrogen) atoms. The van der Waals surface area contributed by atoms with E-state index in [4.69, 9.17) is 9.84 Å². The molecule has 0 saturated heterocycles. The summed E-state index contributed by atoms with van der Waals surface area (Å²) < 4.78 is 33.4. The minimum atomic E-state index is -1.31. The van der Waals surface area contributed by atoms with Crippen LogP contribution in [0.4, 0.5) is 20.2 Å². The lowest BCUT2D eigenvalue weighted by atomic mass is 10.2. The molecule has 1 aromatic carbocycles. The number of nitrogens with one attached hydrogen (secondary N) is 3. The standard InChI is InChI=1S/C16H18F2N4O4S/c1-8(23)6-26-7-19-16(25)14-13(12(18)15(24)22-21-14)20-11-4-3-9(27-2)5-10(11)17/h3-5,8,23H,6-7H2,1-2H3,(H,19,25)(H2,20,22,24). The van der Waals surface area contributed by atoms with Crippen LogP contribution < -0.4 is 16.2 Å². The van der Waals surface area contributed by atoms with Crippen LogP contribution in [-0.4, -0.2) is 46.9 Å². The van der Waals surface area contributed by atoms with Gasteiger partial charge in [0.15, 0.2) is 5.69 Å². The Balaban J connectivity index is 2.26. The average molecular weight is 400 g/mol. The monoisotopic (exact) mass is 400 g/mol. The van der Waals surface area contributed by atoms with Gasteiger partial charge in [-0.2, -0.15) is 9.49 Å². The lowest BCUT2D eigenvalue weighted by Gasteiger charge is -2.13. The number of carbonyl (C=O) groups excluding carboxylic acids is 1. The van der Waals surface area contributed by atoms with Gasteiger partial charge in [-0.1, -0.05) is 0 Å². The van der Waals surface area contributed by atoms with E-state index in [0.717, 1.165) is 0 Å². The van der Waals surface area contributed by atoms with Crippen molar-refractivity contribution in [2.75, 3.05) is 24.9 Å². The molecule has 0 fully saturated rings. The summed E-state index contributed by atoms with van der Waals surface area (Å²) in [6.07, 6.45) is 1.04. The number of carbonyl (C=O) groups is 1. The first-order chi connectivity index (χ1) is 12.8. The fourth-order valence-corrected chi connectivity index (χ4v) is 2.42. The summed E-state index contributed by atoms with van der Waals surface area (Å²) in [5.41, 5.74) is -2.34. The Kier molecular flexibility index (Phi) is 7.28. The van der Waals surface area contributed by atoms with Crippen molar-refractivity contribution in [2.24, 2.45) is 0 Å². The van der Waals surface area contributed by atoms with E-state index < -0.39 is 40.6 Å². The topological polar surface area (TPSA) is 116 Å². The van der Waals surface area contributed by atoms with Crippen molar-refractivity contribution in [2.45, 2.75) is 17.9 Å². The predicted molar refractivity (Wildman–Crippen MR) is 96.2 cm³/mol. The minimum Gasteiger partial charge on any atom is -0.391 e. The molecule has 0 radical (unpaired) electrons. The number of halogens is 2. The molecule has 0 bridgehead atoms. The number of aliphatic hydroxyl groups is 1. The molecule has 1 unspecified atom stereocenters. The van der Waals surface area contributed by atoms with Crippen LogP contribution in [0.2, 0.25) is 0 Å². The molecule has 1 amide bonds. The Bertz CT molecular complexity index is 876. The predicted octanol–water partition coefficient (Wildman–Crippen LogP) is 1.60. The van der Waals surface area contributed by atoms with Crippen molar-refractivity contribution >= 4 is 29.0 Å². The fourth-order valence-electron chi connectivity index (χ4n) is 2.00. The first-order valence-corrected chi connectivity index (χ1v) is 8.98. The third-order valence-corrected chi connectivity index (χ3v) is 4.00. The zero-order chi connectivity index (χ0) is 20.0. The van der Waals surface area contributed by atoms with Gasteiger partial charge in [0.25, 0.3) is 5.91 Å². The molecule has 0 saturated carbocycles. The second kappa shape index (κ2) is 9.44. The minimum absolute atomic E-state index is 0.0220. The largest absolute Gasteiger partial charge is 0.391 e. The van der Waals surface area contributed by atoms with Gasteiger partial charge >= 0.3 is 5.56 Å². The van der Waals surface area contributed by atoms with Gasteiger partial charge < -0.3 is 20.5 Å². The van der Waals surface area contributed by atoms with Crippen LogP contribution in [0.3, 0.4) is 0 Å². The molecule has 0 aliphatic carbocycles. The van der Waals surface area contributed by atoms with Gasteiger partial charge in [0.2, 0.25) is 5.82 Å². The molecule has 0 aliphatic rings. The number of rotatable bonds is 8. The summed E-state index contributed by atoms with van der Waals surface area (Å²) in [5, 5.41) is 19.2. The summed E-state index contributed by atoms with van der Waals surface area (Å²) in [7, 11) is 0. The average Bonchev–Trinajstić information content (AvgIpc) is 2.63. The summed E-state index contributed by atoms with van der Waals surface area (Å²) in [6.45, 7) is 1.20. The number of aliphatic hydroxyl groups excluding tert-OH is 1. The third kappa shape index (κ3) is 5.49. The normalized spacial score (nSPS) is 11.9. The van der Waals surface area contributed by atoms with Crippen LogP contribution in [0.25, 0.3) is 0 Å². The number of thioether (sulfide) groups is 1. The summed E-state index contributed by atoms with van der Waals surface area (Å²) in [4.78, 5) is 24.4. The van der Waals surface area contributed by atoms with Gasteiger partial charge in [0.05, 0.1) is 18.4 Å². The van der Waals surface area contributed by atoms with Crippen molar-refractivity contribution in [1.29, 1.82) is 0 Å². The molecule has 2 rings (SSSR count). The van der Waals surface area contributed by atoms with Gasteiger partial charge in [-0.05, 0) is 31.4 Å². The zero-order valence-corrected chi connectivity index (χ0v) is 15.3. The highest BCUT2D eigenvalue weighted by molar-refractivity contribution is 7.98.